The molecule has 0 saturated carbocycles. The molecule has 2 aromatic heterocycles. The molecule has 4 atom stereocenters. The number of ether oxygens (including phenoxy) is 2. The molecule has 264 valence electrons. The Labute approximate surface area is 283 Å². The van der Waals surface area contributed by atoms with Gasteiger partial charge < -0.3 is 24.3 Å². The van der Waals surface area contributed by atoms with Crippen molar-refractivity contribution < 1.29 is 18.8 Å². The maximum Gasteiger partial charge on any atom is 0.206 e. The number of carbonyl (C=O) groups is 1. The van der Waals surface area contributed by atoms with Crippen molar-refractivity contribution in [2.24, 2.45) is 0 Å². The summed E-state index contributed by atoms with van der Waals surface area (Å²) in [4.78, 5) is 25.4. The van der Waals surface area contributed by atoms with Crippen LogP contribution in [0.25, 0.3) is 11.2 Å². The predicted molar refractivity (Wildman–Crippen MR) is 193 cm³/mol. The van der Waals surface area contributed by atoms with E-state index >= 15 is 0 Å². The maximum atomic E-state index is 14.5. The van der Waals surface area contributed by atoms with Gasteiger partial charge in [0.2, 0.25) is 12.4 Å². The summed E-state index contributed by atoms with van der Waals surface area (Å²) in [5, 5.41) is 3.29. The summed E-state index contributed by atoms with van der Waals surface area (Å²) in [6, 6.07) is -0.590. The van der Waals surface area contributed by atoms with Crippen molar-refractivity contribution in [1.29, 1.82) is 0 Å². The predicted octanol–water partition coefficient (Wildman–Crippen LogP) is 8.93. The molecule has 0 saturated heterocycles. The van der Waals surface area contributed by atoms with Crippen LogP contribution in [0.4, 0.5) is 5.82 Å². The number of fused-ring (bicyclic) bond motifs is 1. The number of anilines is 1. The van der Waals surface area contributed by atoms with Crippen LogP contribution in [0.5, 0.6) is 0 Å². The van der Waals surface area contributed by atoms with E-state index in [1.165, 1.54) is 95.1 Å². The van der Waals surface area contributed by atoms with Crippen LogP contribution in [0.2, 0.25) is 0 Å². The molecule has 0 radical (unpaired) electrons. The zero-order chi connectivity index (χ0) is 33.8. The average molecular weight is 683 g/mol. The fourth-order valence-corrected chi connectivity index (χ4v) is 8.97. The number of nitrogen functional groups attached to an aromatic ring is 1. The Hall–Kier alpha value is -1.52. The van der Waals surface area contributed by atoms with Crippen LogP contribution < -0.4 is 10.8 Å². The van der Waals surface area contributed by atoms with E-state index in [2.05, 4.69) is 27.0 Å². The van der Waals surface area contributed by atoms with E-state index in [0.29, 0.717) is 36.6 Å². The number of nitrogens with zero attached hydrogens (tertiary/aromatic N) is 4. The van der Waals surface area contributed by atoms with E-state index in [1.54, 1.807) is 13.3 Å². The van der Waals surface area contributed by atoms with E-state index in [9.17, 15) is 9.36 Å². The first-order chi connectivity index (χ1) is 22.1. The summed E-state index contributed by atoms with van der Waals surface area (Å²) in [5.74, 6) is -0.215. The van der Waals surface area contributed by atoms with Gasteiger partial charge in [-0.3, -0.25) is 9.88 Å². The molecular weight excluding hydrogens is 619 g/mol. The van der Waals surface area contributed by atoms with Gasteiger partial charge in [-0.15, -0.1) is 0 Å². The minimum absolute atomic E-state index is 0.0349. The van der Waals surface area contributed by atoms with Crippen LogP contribution in [0.1, 0.15) is 138 Å². The number of aromatic nitrogens is 4. The Balaban J connectivity index is 1.83. The van der Waals surface area contributed by atoms with Gasteiger partial charge >= 0.3 is 0 Å². The van der Waals surface area contributed by atoms with Crippen LogP contribution in [0.3, 0.4) is 0 Å². The normalized spacial score (nSPS) is 15.3. The second-order valence-electron chi connectivity index (χ2n) is 12.9. The van der Waals surface area contributed by atoms with Crippen LogP contribution in [0, 0.1) is 0 Å². The van der Waals surface area contributed by atoms with Gasteiger partial charge in [0.05, 0.1) is 25.0 Å². The minimum Gasteiger partial charge on any atom is -0.382 e. The summed E-state index contributed by atoms with van der Waals surface area (Å²) in [6.07, 6.45) is 21.4. The Morgan fingerprint density at radius 2 is 1.48 bits per heavy atom. The molecule has 3 N–H and O–H groups in total. The lowest BCUT2D eigenvalue weighted by molar-refractivity contribution is -0.112. The standard InChI is InChI=1S/C34H63N6O4PS/c1-7-9-10-11-12-13-14-15-16-17-18-19-20-21-22-43-30(8-2)45(42,39-29(6)34(41)46-27(3)4)26-44-28(5)23-40-25-38-31-32(35)36-24-37-33(31)40/h24-25,27-30H,7-23,26H2,1-6H3,(H,39,42)(H2,35,36,37)/t28?,29-,30?,45?/m0/s1. The van der Waals surface area contributed by atoms with Gasteiger partial charge in [0.1, 0.15) is 24.0 Å². The first kappa shape index (κ1) is 40.7. The molecule has 12 heteroatoms. The van der Waals surface area contributed by atoms with Gasteiger partial charge in [0.15, 0.2) is 11.5 Å². The largest absolute Gasteiger partial charge is 0.382 e. The summed E-state index contributed by atoms with van der Waals surface area (Å²) < 4.78 is 28.8. The zero-order valence-corrected chi connectivity index (χ0v) is 31.3. The fourth-order valence-electron chi connectivity index (χ4n) is 5.57. The number of imidazole rings is 1. The molecule has 2 aromatic rings. The van der Waals surface area contributed by atoms with Crippen molar-refractivity contribution >= 4 is 41.2 Å². The van der Waals surface area contributed by atoms with E-state index in [0.717, 1.165) is 12.8 Å². The first-order valence-electron chi connectivity index (χ1n) is 17.8. The second kappa shape index (κ2) is 22.9. The minimum atomic E-state index is -3.27. The van der Waals surface area contributed by atoms with Gasteiger partial charge in [0, 0.05) is 11.9 Å². The molecule has 0 fully saturated rings. The number of nitrogens with two attached hydrogens (primary N) is 1. The number of hydrogen-bond acceptors (Lipinski definition) is 9. The van der Waals surface area contributed by atoms with E-state index in [4.69, 9.17) is 15.2 Å². The third-order valence-electron chi connectivity index (χ3n) is 8.17. The highest BCUT2D eigenvalue weighted by atomic mass is 32.2. The van der Waals surface area contributed by atoms with Crippen LogP contribution in [-0.2, 0) is 25.4 Å². The molecule has 0 aliphatic heterocycles. The SMILES string of the molecule is CCCCCCCCCCCCCCCCOC(CC)P(=O)(COC(C)Cn1cnc2c(N)ncnc21)N[C@@H](C)C(=O)SC(C)C. The van der Waals surface area contributed by atoms with Crippen molar-refractivity contribution in [3.8, 4) is 0 Å². The van der Waals surface area contributed by atoms with Crippen molar-refractivity contribution in [3.05, 3.63) is 12.7 Å². The summed E-state index contributed by atoms with van der Waals surface area (Å²) >= 11 is 1.25. The van der Waals surface area contributed by atoms with Crippen LogP contribution in [0.15, 0.2) is 12.7 Å². The van der Waals surface area contributed by atoms with Gasteiger partial charge in [-0.2, -0.15) is 0 Å². The highest BCUT2D eigenvalue weighted by Crippen LogP contribution is 2.49. The molecule has 2 heterocycles. The summed E-state index contributed by atoms with van der Waals surface area (Å²) in [7, 11) is -3.27. The molecule has 0 aliphatic carbocycles. The first-order valence-corrected chi connectivity index (χ1v) is 20.7. The number of unbranched alkanes of at least 4 members (excludes halogenated alkanes) is 13. The molecular formula is C34H63N6O4PS. The fraction of sp³-hybridized carbons (Fsp3) is 0.824. The molecule has 0 spiro atoms. The van der Waals surface area contributed by atoms with Gasteiger partial charge in [-0.25, -0.2) is 15.0 Å². The lowest BCUT2D eigenvalue weighted by Crippen LogP contribution is -2.36. The molecule has 3 unspecified atom stereocenters. The number of carbonyl (C=O) groups excluding carboxylic acids is 1. The molecule has 2 rings (SSSR count). The third-order valence-corrected chi connectivity index (χ3v) is 12.0. The van der Waals surface area contributed by atoms with Crippen LogP contribution in [-0.4, -0.2) is 60.8 Å². The van der Waals surface area contributed by atoms with Gasteiger partial charge in [0.25, 0.3) is 0 Å². The van der Waals surface area contributed by atoms with Crippen LogP contribution >= 0.6 is 19.1 Å². The lowest BCUT2D eigenvalue weighted by atomic mass is 10.0. The summed E-state index contributed by atoms with van der Waals surface area (Å²) in [5.41, 5.74) is 7.10. The Bertz CT molecular complexity index is 1170. The highest BCUT2D eigenvalue weighted by Gasteiger charge is 2.36. The maximum absolute atomic E-state index is 14.5. The topological polar surface area (TPSA) is 134 Å². The van der Waals surface area contributed by atoms with E-state index in [-0.39, 0.29) is 22.8 Å². The molecule has 10 nitrogen and oxygen atoms in total. The smallest absolute Gasteiger partial charge is 0.206 e. The third kappa shape index (κ3) is 15.1. The molecule has 46 heavy (non-hydrogen) atoms. The number of hydrogen-bond donors (Lipinski definition) is 2. The van der Waals surface area contributed by atoms with Gasteiger partial charge in [-0.1, -0.05) is 123 Å². The van der Waals surface area contributed by atoms with Crippen molar-refractivity contribution in [2.45, 2.75) is 168 Å². The number of rotatable bonds is 27. The average Bonchev–Trinajstić information content (AvgIpc) is 3.43. The van der Waals surface area contributed by atoms with Gasteiger partial charge in [-0.05, 0) is 26.7 Å². The molecule has 0 bridgehead atoms. The quantitative estimate of drug-likeness (QED) is 0.0695. The molecule has 0 amide bonds. The Morgan fingerprint density at radius 1 is 0.891 bits per heavy atom. The lowest BCUT2D eigenvalue weighted by Gasteiger charge is -2.31. The monoisotopic (exact) mass is 682 g/mol. The van der Waals surface area contributed by atoms with Crippen molar-refractivity contribution in [3.63, 3.8) is 0 Å². The highest BCUT2D eigenvalue weighted by molar-refractivity contribution is 8.14. The molecule has 0 aromatic carbocycles. The number of thioether (sulfide) groups is 1. The number of nitrogens with one attached hydrogen (secondary N) is 1. The van der Waals surface area contributed by atoms with E-state index < -0.39 is 19.2 Å². The zero-order valence-electron chi connectivity index (χ0n) is 29.5. The Morgan fingerprint density at radius 3 is 2.04 bits per heavy atom. The summed E-state index contributed by atoms with van der Waals surface area (Å²) in [6.45, 7) is 12.9. The van der Waals surface area contributed by atoms with Crippen molar-refractivity contribution in [1.82, 2.24) is 24.6 Å². The second-order valence-corrected chi connectivity index (χ2v) is 17.2. The van der Waals surface area contributed by atoms with E-state index in [1.807, 2.05) is 32.3 Å². The Kier molecular flexibility index (Phi) is 20.3. The molecule has 0 aliphatic rings. The van der Waals surface area contributed by atoms with Crippen molar-refractivity contribution in [2.75, 3.05) is 18.7 Å².